The Kier molecular flexibility index (Phi) is 2.57. The fourth-order valence-electron chi connectivity index (χ4n) is 1.53. The molecule has 0 unspecified atom stereocenters. The van der Waals surface area contributed by atoms with Crippen LogP contribution in [-0.4, -0.2) is 4.57 Å². The molecular weight excluding hydrogens is 200 g/mol. The summed E-state index contributed by atoms with van der Waals surface area (Å²) in [6.07, 6.45) is 1.70. The second kappa shape index (κ2) is 4.03. The van der Waals surface area contributed by atoms with Crippen molar-refractivity contribution in [2.24, 2.45) is 0 Å². The molecule has 1 aromatic heterocycles. The molecule has 16 heavy (non-hydrogen) atoms. The SMILES string of the molecule is Cc1cccn(-c2cccc(C#N)c2)c1=O. The number of hydrogen-bond acceptors (Lipinski definition) is 2. The normalized spacial score (nSPS) is 9.75. The molecule has 1 heterocycles. The molecule has 0 aliphatic heterocycles. The smallest absolute Gasteiger partial charge is 0.257 e. The third kappa shape index (κ3) is 1.73. The van der Waals surface area contributed by atoms with E-state index in [2.05, 4.69) is 6.07 Å². The van der Waals surface area contributed by atoms with Crippen molar-refractivity contribution in [3.8, 4) is 11.8 Å². The minimum atomic E-state index is -0.0578. The Labute approximate surface area is 93.2 Å². The summed E-state index contributed by atoms with van der Waals surface area (Å²) in [6.45, 7) is 1.77. The molecule has 0 saturated carbocycles. The Balaban J connectivity index is 2.64. The Hall–Kier alpha value is -2.34. The molecule has 0 bridgehead atoms. The van der Waals surface area contributed by atoms with E-state index in [4.69, 9.17) is 5.26 Å². The maximum Gasteiger partial charge on any atom is 0.257 e. The van der Waals surface area contributed by atoms with Crippen LogP contribution in [-0.2, 0) is 0 Å². The number of aromatic nitrogens is 1. The second-order valence-electron chi connectivity index (χ2n) is 3.53. The van der Waals surface area contributed by atoms with Crippen molar-refractivity contribution >= 4 is 0 Å². The largest absolute Gasteiger partial charge is 0.284 e. The lowest BCUT2D eigenvalue weighted by molar-refractivity contribution is 0.970. The van der Waals surface area contributed by atoms with Crippen molar-refractivity contribution in [2.45, 2.75) is 6.92 Å². The van der Waals surface area contributed by atoms with Gasteiger partial charge in [-0.25, -0.2) is 0 Å². The maximum atomic E-state index is 11.8. The van der Waals surface area contributed by atoms with E-state index in [1.165, 1.54) is 4.57 Å². The molecule has 0 N–H and O–H groups in total. The van der Waals surface area contributed by atoms with Gasteiger partial charge >= 0.3 is 0 Å². The average molecular weight is 210 g/mol. The monoisotopic (exact) mass is 210 g/mol. The van der Waals surface area contributed by atoms with Crippen LogP contribution in [0.5, 0.6) is 0 Å². The van der Waals surface area contributed by atoms with Gasteiger partial charge < -0.3 is 0 Å². The first-order valence-electron chi connectivity index (χ1n) is 4.91. The van der Waals surface area contributed by atoms with E-state index in [0.717, 1.165) is 0 Å². The summed E-state index contributed by atoms with van der Waals surface area (Å²) in [6, 6.07) is 12.6. The van der Waals surface area contributed by atoms with Gasteiger partial charge in [0.1, 0.15) is 0 Å². The molecule has 0 radical (unpaired) electrons. The topological polar surface area (TPSA) is 45.8 Å². The molecular formula is C13H10N2O. The van der Waals surface area contributed by atoms with Gasteiger partial charge in [0, 0.05) is 17.4 Å². The van der Waals surface area contributed by atoms with Crippen LogP contribution in [0, 0.1) is 18.3 Å². The number of rotatable bonds is 1. The number of hydrogen-bond donors (Lipinski definition) is 0. The summed E-state index contributed by atoms with van der Waals surface area (Å²) in [7, 11) is 0. The first kappa shape index (κ1) is 10.2. The van der Waals surface area contributed by atoms with Crippen molar-refractivity contribution in [1.82, 2.24) is 4.57 Å². The zero-order chi connectivity index (χ0) is 11.5. The number of nitriles is 1. The van der Waals surface area contributed by atoms with Crippen LogP contribution in [0.3, 0.4) is 0 Å². The van der Waals surface area contributed by atoms with Crippen molar-refractivity contribution in [1.29, 1.82) is 5.26 Å². The molecule has 0 saturated heterocycles. The predicted molar refractivity (Wildman–Crippen MR) is 61.5 cm³/mol. The van der Waals surface area contributed by atoms with Crippen LogP contribution in [0.15, 0.2) is 47.4 Å². The van der Waals surface area contributed by atoms with Gasteiger partial charge in [0.2, 0.25) is 0 Å². The van der Waals surface area contributed by atoms with Crippen LogP contribution >= 0.6 is 0 Å². The van der Waals surface area contributed by atoms with Gasteiger partial charge in [-0.15, -0.1) is 0 Å². The molecule has 0 spiro atoms. The second-order valence-corrected chi connectivity index (χ2v) is 3.53. The number of benzene rings is 1. The summed E-state index contributed by atoms with van der Waals surface area (Å²) in [4.78, 5) is 11.8. The van der Waals surface area contributed by atoms with Gasteiger partial charge in [0.15, 0.2) is 0 Å². The molecule has 3 heteroatoms. The molecule has 0 aliphatic carbocycles. The average Bonchev–Trinajstić information content (AvgIpc) is 2.33. The number of aryl methyl sites for hydroxylation is 1. The van der Waals surface area contributed by atoms with Gasteiger partial charge in [-0.3, -0.25) is 9.36 Å². The summed E-state index contributed by atoms with van der Waals surface area (Å²) >= 11 is 0. The third-order valence-corrected chi connectivity index (χ3v) is 2.39. The van der Waals surface area contributed by atoms with Gasteiger partial charge in [-0.1, -0.05) is 12.1 Å². The standard InChI is InChI=1S/C13H10N2O/c1-10-4-3-7-15(13(10)16)12-6-2-5-11(8-12)9-14/h2-8H,1H3. The highest BCUT2D eigenvalue weighted by molar-refractivity contribution is 5.41. The molecule has 0 atom stereocenters. The lowest BCUT2D eigenvalue weighted by Gasteiger charge is -2.06. The van der Waals surface area contributed by atoms with Crippen molar-refractivity contribution in [2.75, 3.05) is 0 Å². The van der Waals surface area contributed by atoms with E-state index in [1.807, 2.05) is 12.1 Å². The zero-order valence-electron chi connectivity index (χ0n) is 8.84. The first-order chi connectivity index (χ1) is 7.72. The number of nitrogens with zero attached hydrogens (tertiary/aromatic N) is 2. The van der Waals surface area contributed by atoms with Crippen LogP contribution in [0.4, 0.5) is 0 Å². The van der Waals surface area contributed by atoms with Crippen LogP contribution in [0.25, 0.3) is 5.69 Å². The summed E-state index contributed by atoms with van der Waals surface area (Å²) in [5.74, 6) is 0. The summed E-state index contributed by atoms with van der Waals surface area (Å²) in [5, 5.41) is 8.80. The van der Waals surface area contributed by atoms with E-state index < -0.39 is 0 Å². The fourth-order valence-corrected chi connectivity index (χ4v) is 1.53. The lowest BCUT2D eigenvalue weighted by Crippen LogP contribution is -2.19. The molecule has 0 amide bonds. The Morgan fingerprint density at radius 2 is 2.06 bits per heavy atom. The highest BCUT2D eigenvalue weighted by atomic mass is 16.1. The molecule has 3 nitrogen and oxygen atoms in total. The Bertz CT molecular complexity index is 620. The predicted octanol–water partition coefficient (Wildman–Crippen LogP) is 2.02. The minimum absolute atomic E-state index is 0.0578. The molecule has 0 aliphatic rings. The molecule has 2 aromatic rings. The van der Waals surface area contributed by atoms with Gasteiger partial charge in [-0.05, 0) is 31.2 Å². The lowest BCUT2D eigenvalue weighted by atomic mass is 10.2. The van der Waals surface area contributed by atoms with Gasteiger partial charge in [0.05, 0.1) is 11.6 Å². The van der Waals surface area contributed by atoms with Crippen LogP contribution < -0.4 is 5.56 Å². The van der Waals surface area contributed by atoms with Crippen molar-refractivity contribution in [3.63, 3.8) is 0 Å². The van der Waals surface area contributed by atoms with Crippen molar-refractivity contribution in [3.05, 3.63) is 64.1 Å². The minimum Gasteiger partial charge on any atom is -0.284 e. The molecule has 78 valence electrons. The quantitative estimate of drug-likeness (QED) is 0.722. The van der Waals surface area contributed by atoms with E-state index in [0.29, 0.717) is 16.8 Å². The summed E-state index contributed by atoms with van der Waals surface area (Å²) < 4.78 is 1.54. The van der Waals surface area contributed by atoms with Crippen LogP contribution in [0.2, 0.25) is 0 Å². The molecule has 0 fully saturated rings. The Morgan fingerprint density at radius 1 is 1.25 bits per heavy atom. The van der Waals surface area contributed by atoms with E-state index in [-0.39, 0.29) is 5.56 Å². The van der Waals surface area contributed by atoms with Crippen LogP contribution in [0.1, 0.15) is 11.1 Å². The van der Waals surface area contributed by atoms with E-state index in [1.54, 1.807) is 37.4 Å². The Morgan fingerprint density at radius 3 is 2.81 bits per heavy atom. The van der Waals surface area contributed by atoms with Gasteiger partial charge in [0.25, 0.3) is 5.56 Å². The van der Waals surface area contributed by atoms with Gasteiger partial charge in [-0.2, -0.15) is 5.26 Å². The number of pyridine rings is 1. The van der Waals surface area contributed by atoms with E-state index >= 15 is 0 Å². The molecule has 2 rings (SSSR count). The van der Waals surface area contributed by atoms with Crippen molar-refractivity contribution < 1.29 is 0 Å². The first-order valence-corrected chi connectivity index (χ1v) is 4.91. The summed E-state index contributed by atoms with van der Waals surface area (Å²) in [5.41, 5.74) is 1.89. The maximum absolute atomic E-state index is 11.8. The zero-order valence-corrected chi connectivity index (χ0v) is 8.84. The third-order valence-electron chi connectivity index (χ3n) is 2.39. The highest BCUT2D eigenvalue weighted by Crippen LogP contribution is 2.08. The molecule has 1 aromatic carbocycles. The fraction of sp³-hybridized carbons (Fsp3) is 0.0769. The highest BCUT2D eigenvalue weighted by Gasteiger charge is 2.01. The van der Waals surface area contributed by atoms with E-state index in [9.17, 15) is 4.79 Å².